The topological polar surface area (TPSA) is 65.2 Å². The van der Waals surface area contributed by atoms with Crippen molar-refractivity contribution in [3.05, 3.63) is 76.5 Å². The van der Waals surface area contributed by atoms with Crippen molar-refractivity contribution >= 4 is 17.8 Å². The Balaban J connectivity index is 1.65. The van der Waals surface area contributed by atoms with E-state index in [9.17, 15) is 13.2 Å². The predicted molar refractivity (Wildman–Crippen MR) is 102 cm³/mol. The van der Waals surface area contributed by atoms with Gasteiger partial charge in [0, 0.05) is 12.6 Å². The highest BCUT2D eigenvalue weighted by atomic mass is 35.5. The van der Waals surface area contributed by atoms with Gasteiger partial charge in [0.05, 0.1) is 18.5 Å². The molecule has 0 unspecified atom stereocenters. The van der Waals surface area contributed by atoms with Crippen LogP contribution in [0.4, 0.5) is 13.2 Å². The van der Waals surface area contributed by atoms with E-state index >= 15 is 0 Å². The quantitative estimate of drug-likeness (QED) is 0.496. The van der Waals surface area contributed by atoms with Gasteiger partial charge in [-0.25, -0.2) is 14.6 Å². The van der Waals surface area contributed by atoms with Gasteiger partial charge in [0.15, 0.2) is 5.82 Å². The van der Waals surface area contributed by atoms with Crippen molar-refractivity contribution in [1.82, 2.24) is 19.7 Å². The molecule has 29 heavy (non-hydrogen) atoms. The van der Waals surface area contributed by atoms with E-state index in [1.807, 2.05) is 13.0 Å². The fourth-order valence-electron chi connectivity index (χ4n) is 2.67. The van der Waals surface area contributed by atoms with Crippen LogP contribution in [0.1, 0.15) is 30.1 Å². The molecule has 2 aromatic rings. The monoisotopic (exact) mass is 423 g/mol. The van der Waals surface area contributed by atoms with E-state index in [4.69, 9.17) is 11.6 Å². The van der Waals surface area contributed by atoms with Crippen LogP contribution in [0.5, 0.6) is 0 Å². The van der Waals surface area contributed by atoms with E-state index in [0.29, 0.717) is 35.5 Å². The summed E-state index contributed by atoms with van der Waals surface area (Å²) in [5, 5.41) is 4.78. The average Bonchev–Trinajstić information content (AvgIpc) is 2.98. The fourth-order valence-corrected chi connectivity index (χ4v) is 2.87. The van der Waals surface area contributed by atoms with E-state index in [-0.39, 0.29) is 12.2 Å². The Morgan fingerprint density at radius 3 is 2.83 bits per heavy atom. The number of ether oxygens (including phenoxy) is 1. The van der Waals surface area contributed by atoms with Gasteiger partial charge in [-0.1, -0.05) is 24.3 Å². The van der Waals surface area contributed by atoms with E-state index in [0.717, 1.165) is 11.1 Å². The second kappa shape index (κ2) is 8.60. The summed E-state index contributed by atoms with van der Waals surface area (Å²) >= 11 is 5.89. The van der Waals surface area contributed by atoms with Crippen molar-refractivity contribution in [1.29, 1.82) is 0 Å². The van der Waals surface area contributed by atoms with E-state index in [1.165, 1.54) is 18.4 Å². The number of alkyl halides is 3. The molecule has 0 fully saturated rings. The van der Waals surface area contributed by atoms with Gasteiger partial charge in [0.25, 0.3) is 0 Å². The smallest absolute Gasteiger partial charge is 0.410 e. The van der Waals surface area contributed by atoms with Gasteiger partial charge in [-0.2, -0.15) is 0 Å². The molecule has 0 radical (unpaired) electrons. The number of rotatable bonds is 6. The highest BCUT2D eigenvalue weighted by molar-refractivity contribution is 6.29. The van der Waals surface area contributed by atoms with Gasteiger partial charge in [-0.15, -0.1) is 18.3 Å². The number of aryl methyl sites for hydroxylation is 1. The number of allylic oxidation sites excluding steroid dienone is 4. The Morgan fingerprint density at radius 1 is 1.38 bits per heavy atom. The van der Waals surface area contributed by atoms with Gasteiger partial charge < -0.3 is 4.74 Å². The average molecular weight is 424 g/mol. The highest BCUT2D eigenvalue weighted by Gasteiger charge is 2.32. The van der Waals surface area contributed by atoms with Crippen LogP contribution in [0.15, 0.2) is 59.1 Å². The molecule has 1 aliphatic carbocycles. The lowest BCUT2D eigenvalue weighted by Gasteiger charge is -2.16. The lowest BCUT2D eigenvalue weighted by atomic mass is 10.0. The van der Waals surface area contributed by atoms with Crippen molar-refractivity contribution in [3.8, 4) is 0 Å². The molecule has 0 spiro atoms. The zero-order valence-electron chi connectivity index (χ0n) is 15.4. The summed E-state index contributed by atoms with van der Waals surface area (Å²) in [4.78, 5) is 12.5. The predicted octanol–water partition coefficient (Wildman–Crippen LogP) is 4.76. The van der Waals surface area contributed by atoms with Crippen LogP contribution in [0.2, 0.25) is 5.15 Å². The first kappa shape index (κ1) is 20.8. The molecule has 2 heterocycles. The number of halogens is 4. The third-order valence-electron chi connectivity index (χ3n) is 4.06. The molecule has 0 amide bonds. The summed E-state index contributed by atoms with van der Waals surface area (Å²) in [6.45, 7) is 6.16. The van der Waals surface area contributed by atoms with Crippen LogP contribution in [-0.4, -0.2) is 32.3 Å². The molecule has 0 saturated heterocycles. The fraction of sp³-hybridized carbons (Fsp3) is 0.263. The van der Waals surface area contributed by atoms with Gasteiger partial charge in [0.1, 0.15) is 16.7 Å². The molecule has 0 bridgehead atoms. The summed E-state index contributed by atoms with van der Waals surface area (Å²) in [5.41, 5.74) is 2.09. The molecule has 0 N–H and O–H groups in total. The molecule has 0 aliphatic heterocycles. The number of pyridine rings is 1. The van der Waals surface area contributed by atoms with Crippen molar-refractivity contribution in [2.24, 2.45) is 4.99 Å². The second-order valence-corrected chi connectivity index (χ2v) is 6.63. The Labute approximate surface area is 170 Å². The molecule has 2 aromatic heterocycles. The minimum atomic E-state index is -4.68. The van der Waals surface area contributed by atoms with Gasteiger partial charge in [0.2, 0.25) is 0 Å². The van der Waals surface area contributed by atoms with Gasteiger partial charge in [-0.3, -0.25) is 4.99 Å². The number of aromatic nitrogens is 4. The van der Waals surface area contributed by atoms with Crippen molar-refractivity contribution in [2.75, 3.05) is 0 Å². The maximum atomic E-state index is 12.2. The third kappa shape index (κ3) is 6.02. The summed E-state index contributed by atoms with van der Waals surface area (Å²) in [5.74, 6) is 0.959. The highest BCUT2D eigenvalue weighted by Crippen LogP contribution is 2.29. The number of hydrogen-bond acceptors (Lipinski definition) is 5. The van der Waals surface area contributed by atoms with Crippen LogP contribution in [0.3, 0.4) is 0 Å². The lowest BCUT2D eigenvalue weighted by Crippen LogP contribution is -2.14. The molecular formula is C19H17ClF3N5O. The molecule has 6 nitrogen and oxygen atoms in total. The zero-order chi connectivity index (χ0) is 21.0. The lowest BCUT2D eigenvalue weighted by molar-refractivity contribution is -0.306. The third-order valence-corrected chi connectivity index (χ3v) is 4.27. The summed E-state index contributed by atoms with van der Waals surface area (Å²) < 4.78 is 42.4. The first-order valence-corrected chi connectivity index (χ1v) is 8.98. The maximum absolute atomic E-state index is 12.2. The van der Waals surface area contributed by atoms with Gasteiger partial charge >= 0.3 is 6.36 Å². The Hall–Kier alpha value is -2.94. The van der Waals surface area contributed by atoms with E-state index < -0.39 is 6.36 Å². The SMILES string of the molecule is C=C(N=Cc1nc(C)n(Cc2ccnc(Cl)c2)n1)C1=CC=C(OC(F)(F)F)CC1. The molecule has 0 saturated carbocycles. The molecule has 0 aromatic carbocycles. The van der Waals surface area contributed by atoms with Crippen LogP contribution in [0.25, 0.3) is 0 Å². The Morgan fingerprint density at radius 2 is 2.17 bits per heavy atom. The number of hydrogen-bond donors (Lipinski definition) is 0. The molecule has 152 valence electrons. The van der Waals surface area contributed by atoms with Crippen LogP contribution >= 0.6 is 11.6 Å². The van der Waals surface area contributed by atoms with Crippen LogP contribution < -0.4 is 0 Å². The number of nitrogens with zero attached hydrogens (tertiary/aromatic N) is 5. The number of aliphatic imine (C=N–C) groups is 1. The largest absolute Gasteiger partial charge is 0.572 e. The minimum Gasteiger partial charge on any atom is -0.410 e. The Kier molecular flexibility index (Phi) is 6.17. The summed E-state index contributed by atoms with van der Waals surface area (Å²) in [6, 6.07) is 3.58. The molecular weight excluding hydrogens is 407 g/mol. The van der Waals surface area contributed by atoms with E-state index in [2.05, 4.69) is 31.4 Å². The molecule has 1 aliphatic rings. The van der Waals surface area contributed by atoms with Crippen LogP contribution in [0, 0.1) is 6.92 Å². The summed E-state index contributed by atoms with van der Waals surface area (Å²) in [6.07, 6.45) is 1.68. The maximum Gasteiger partial charge on any atom is 0.572 e. The zero-order valence-corrected chi connectivity index (χ0v) is 16.2. The molecule has 10 heteroatoms. The standard InChI is InChI=1S/C19H17ClF3N5O/c1-12(15-3-5-16(6-4-15)29-19(21,22)23)25-10-18-26-13(2)28(27-18)11-14-7-8-24-17(20)9-14/h3,5,7-10H,1,4,6,11H2,2H3. The minimum absolute atomic E-state index is 0.125. The molecule has 0 atom stereocenters. The summed E-state index contributed by atoms with van der Waals surface area (Å²) in [7, 11) is 0. The first-order chi connectivity index (χ1) is 13.7. The van der Waals surface area contributed by atoms with Crippen molar-refractivity contribution < 1.29 is 17.9 Å². The Bertz CT molecular complexity index is 1010. The van der Waals surface area contributed by atoms with Crippen molar-refractivity contribution in [2.45, 2.75) is 32.7 Å². The second-order valence-electron chi connectivity index (χ2n) is 6.24. The first-order valence-electron chi connectivity index (χ1n) is 8.60. The van der Waals surface area contributed by atoms with Crippen LogP contribution in [-0.2, 0) is 11.3 Å². The molecule has 3 rings (SSSR count). The normalized spacial score (nSPS) is 14.7. The van der Waals surface area contributed by atoms with Gasteiger partial charge in [-0.05, 0) is 42.7 Å². The van der Waals surface area contributed by atoms with E-state index in [1.54, 1.807) is 16.9 Å². The van der Waals surface area contributed by atoms with Crippen molar-refractivity contribution in [3.63, 3.8) is 0 Å².